The van der Waals surface area contributed by atoms with Gasteiger partial charge < -0.3 is 4.74 Å². The first kappa shape index (κ1) is 12.4. The number of allylic oxidation sites excluding steroid dienone is 1. The number of hydrogen-bond acceptors (Lipinski definition) is 4. The van der Waals surface area contributed by atoms with Crippen LogP contribution in [0.25, 0.3) is 0 Å². The fraction of sp³-hybridized carbons (Fsp3) is 0.182. The number of likely N-dealkylation sites (N-methyl/N-ethyl adjacent to an activating group) is 1. The number of esters is 1. The summed E-state index contributed by atoms with van der Waals surface area (Å²) >= 11 is -1.66. The fourth-order valence-electron chi connectivity index (χ4n) is 1.40. The van der Waals surface area contributed by atoms with Crippen LogP contribution in [-0.2, 0) is 20.7 Å². The van der Waals surface area contributed by atoms with Crippen LogP contribution in [0.5, 0.6) is 0 Å². The molecular weight excluding hydrogens is 254 g/mol. The Balaban J connectivity index is 2.44. The van der Waals surface area contributed by atoms with Gasteiger partial charge >= 0.3 is 5.97 Å². The molecule has 0 N–H and O–H groups in total. The minimum absolute atomic E-state index is 0.187. The number of aromatic nitrogens is 1. The van der Waals surface area contributed by atoms with Crippen molar-refractivity contribution in [2.24, 2.45) is 4.40 Å². The number of carbonyl (C=O) groups excluding carboxylic acids is 1. The van der Waals surface area contributed by atoms with E-state index in [9.17, 15) is 9.00 Å². The van der Waals surface area contributed by atoms with Gasteiger partial charge in [0.2, 0.25) is 11.2 Å². The lowest BCUT2D eigenvalue weighted by Crippen LogP contribution is -2.30. The molecule has 0 fully saturated rings. The van der Waals surface area contributed by atoms with Crippen molar-refractivity contribution in [2.75, 3.05) is 14.2 Å². The molecule has 1 aromatic rings. The molecule has 1 unspecified atom stereocenters. The van der Waals surface area contributed by atoms with Gasteiger partial charge in [0.25, 0.3) is 0 Å². The van der Waals surface area contributed by atoms with Gasteiger partial charge in [-0.25, -0.2) is 9.00 Å². The lowest BCUT2D eigenvalue weighted by atomic mass is 10.2. The van der Waals surface area contributed by atoms with Gasteiger partial charge in [0.05, 0.1) is 12.8 Å². The molecule has 1 aliphatic heterocycles. The SMILES string of the molecule is COC(=O)C1=CC(c2ccccn2)=NS(=O)N1C. The molecule has 2 rings (SSSR count). The summed E-state index contributed by atoms with van der Waals surface area (Å²) in [6.07, 6.45) is 3.11. The van der Waals surface area contributed by atoms with Crippen molar-refractivity contribution in [3.8, 4) is 0 Å². The van der Waals surface area contributed by atoms with Crippen LogP contribution in [0.1, 0.15) is 5.69 Å². The molecule has 0 aliphatic carbocycles. The largest absolute Gasteiger partial charge is 0.464 e. The van der Waals surface area contributed by atoms with E-state index in [4.69, 9.17) is 0 Å². The maximum atomic E-state index is 11.8. The van der Waals surface area contributed by atoms with Crippen LogP contribution in [0, 0.1) is 0 Å². The van der Waals surface area contributed by atoms with Crippen molar-refractivity contribution >= 4 is 22.9 Å². The molecule has 0 saturated heterocycles. The summed E-state index contributed by atoms with van der Waals surface area (Å²) in [4.78, 5) is 15.7. The van der Waals surface area contributed by atoms with Gasteiger partial charge in [0, 0.05) is 13.2 Å². The molecule has 18 heavy (non-hydrogen) atoms. The van der Waals surface area contributed by atoms with E-state index in [2.05, 4.69) is 14.1 Å². The maximum absolute atomic E-state index is 11.8. The Morgan fingerprint density at radius 1 is 1.44 bits per heavy atom. The Labute approximate surface area is 107 Å². The molecule has 1 aromatic heterocycles. The van der Waals surface area contributed by atoms with Gasteiger partial charge in [-0.05, 0) is 18.2 Å². The highest BCUT2D eigenvalue weighted by Crippen LogP contribution is 2.16. The minimum atomic E-state index is -1.66. The standard InChI is InChI=1S/C11H11N3O3S/c1-14-10(11(15)17-2)7-9(13-18(14)16)8-5-3-4-6-12-8/h3-7H,1-2H3. The molecule has 6 nitrogen and oxygen atoms in total. The van der Waals surface area contributed by atoms with Crippen LogP contribution in [0.2, 0.25) is 0 Å². The van der Waals surface area contributed by atoms with Gasteiger partial charge in [0.1, 0.15) is 11.4 Å². The van der Waals surface area contributed by atoms with Crippen LogP contribution in [0.4, 0.5) is 0 Å². The summed E-state index contributed by atoms with van der Waals surface area (Å²) in [6.45, 7) is 0. The van der Waals surface area contributed by atoms with Crippen LogP contribution in [0.15, 0.2) is 40.6 Å². The molecule has 2 heterocycles. The maximum Gasteiger partial charge on any atom is 0.355 e. The second kappa shape index (κ2) is 5.09. The zero-order chi connectivity index (χ0) is 13.1. The second-order valence-electron chi connectivity index (χ2n) is 3.44. The van der Waals surface area contributed by atoms with Crippen molar-refractivity contribution in [1.29, 1.82) is 0 Å². The predicted molar refractivity (Wildman–Crippen MR) is 66.8 cm³/mol. The normalized spacial score (nSPS) is 19.0. The Morgan fingerprint density at radius 2 is 2.22 bits per heavy atom. The third-order valence-corrected chi connectivity index (χ3v) is 3.36. The number of ether oxygens (including phenoxy) is 1. The molecule has 0 amide bonds. The van der Waals surface area contributed by atoms with E-state index in [1.807, 2.05) is 0 Å². The van der Waals surface area contributed by atoms with Crippen molar-refractivity contribution in [3.63, 3.8) is 0 Å². The number of carbonyl (C=O) groups is 1. The summed E-state index contributed by atoms with van der Waals surface area (Å²) in [6, 6.07) is 5.28. The summed E-state index contributed by atoms with van der Waals surface area (Å²) in [5.74, 6) is -0.561. The molecule has 0 aromatic carbocycles. The van der Waals surface area contributed by atoms with E-state index in [1.54, 1.807) is 24.4 Å². The Morgan fingerprint density at radius 3 is 2.83 bits per heavy atom. The number of methoxy groups -OCH3 is 1. The molecule has 0 bridgehead atoms. The van der Waals surface area contributed by atoms with Crippen molar-refractivity contribution in [2.45, 2.75) is 0 Å². The van der Waals surface area contributed by atoms with Crippen LogP contribution >= 0.6 is 0 Å². The van der Waals surface area contributed by atoms with Gasteiger partial charge in [-0.1, -0.05) is 6.07 Å². The monoisotopic (exact) mass is 265 g/mol. The number of pyridine rings is 1. The molecule has 0 spiro atoms. The Hall–Kier alpha value is -2.02. The van der Waals surface area contributed by atoms with Crippen LogP contribution < -0.4 is 0 Å². The van der Waals surface area contributed by atoms with E-state index in [1.165, 1.54) is 24.5 Å². The first-order chi connectivity index (χ1) is 8.63. The number of hydrogen-bond donors (Lipinski definition) is 0. The first-order valence-electron chi connectivity index (χ1n) is 5.09. The smallest absolute Gasteiger partial charge is 0.355 e. The highest BCUT2D eigenvalue weighted by atomic mass is 32.2. The van der Waals surface area contributed by atoms with Crippen LogP contribution in [-0.4, -0.2) is 39.3 Å². The average molecular weight is 265 g/mol. The lowest BCUT2D eigenvalue weighted by Gasteiger charge is -2.20. The highest BCUT2D eigenvalue weighted by molar-refractivity contribution is 7.81. The van der Waals surface area contributed by atoms with Crippen molar-refractivity contribution < 1.29 is 13.7 Å². The molecule has 7 heteroatoms. The van der Waals surface area contributed by atoms with E-state index < -0.39 is 17.1 Å². The van der Waals surface area contributed by atoms with Crippen molar-refractivity contribution in [3.05, 3.63) is 41.9 Å². The number of rotatable bonds is 2. The summed E-state index contributed by atoms with van der Waals surface area (Å²) in [7, 11) is 2.78. The zero-order valence-electron chi connectivity index (χ0n) is 9.86. The second-order valence-corrected chi connectivity index (χ2v) is 4.63. The molecule has 1 atom stereocenters. The third kappa shape index (κ3) is 2.30. The van der Waals surface area contributed by atoms with Gasteiger partial charge in [-0.3, -0.25) is 9.29 Å². The van der Waals surface area contributed by atoms with Crippen LogP contribution in [0.3, 0.4) is 0 Å². The van der Waals surface area contributed by atoms with E-state index in [0.717, 1.165) is 0 Å². The first-order valence-corrected chi connectivity index (χ1v) is 6.15. The van der Waals surface area contributed by atoms with Gasteiger partial charge in [-0.15, -0.1) is 0 Å². The minimum Gasteiger partial charge on any atom is -0.464 e. The molecule has 1 aliphatic rings. The number of nitrogens with zero attached hydrogens (tertiary/aromatic N) is 3. The topological polar surface area (TPSA) is 71.9 Å². The molecule has 0 radical (unpaired) electrons. The summed E-state index contributed by atoms with van der Waals surface area (Å²) < 4.78 is 21.6. The Kier molecular flexibility index (Phi) is 3.52. The molecular formula is C11H11N3O3S. The van der Waals surface area contributed by atoms with E-state index in [0.29, 0.717) is 11.4 Å². The predicted octanol–water partition coefficient (Wildman–Crippen LogP) is 0.452. The Bertz CT molecular complexity index is 554. The van der Waals surface area contributed by atoms with E-state index >= 15 is 0 Å². The molecule has 0 saturated carbocycles. The van der Waals surface area contributed by atoms with Gasteiger partial charge in [-0.2, -0.15) is 4.40 Å². The summed E-state index contributed by atoms with van der Waals surface area (Å²) in [5, 5.41) is 0. The fourth-order valence-corrected chi connectivity index (χ4v) is 2.14. The average Bonchev–Trinajstić information content (AvgIpc) is 2.41. The van der Waals surface area contributed by atoms with Gasteiger partial charge in [0.15, 0.2) is 0 Å². The zero-order valence-corrected chi connectivity index (χ0v) is 10.7. The van der Waals surface area contributed by atoms with Crippen molar-refractivity contribution in [1.82, 2.24) is 9.29 Å². The van der Waals surface area contributed by atoms with E-state index in [-0.39, 0.29) is 5.70 Å². The quantitative estimate of drug-likeness (QED) is 0.728. The molecule has 94 valence electrons. The third-order valence-electron chi connectivity index (χ3n) is 2.35. The summed E-state index contributed by atoms with van der Waals surface area (Å²) in [5.41, 5.74) is 1.14. The highest BCUT2D eigenvalue weighted by Gasteiger charge is 2.25. The lowest BCUT2D eigenvalue weighted by molar-refractivity contribution is -0.137.